The zero-order valence-corrected chi connectivity index (χ0v) is 19.5. The third kappa shape index (κ3) is 4.98. The zero-order chi connectivity index (χ0) is 22.7. The minimum Gasteiger partial charge on any atom is -0.368 e. The van der Waals surface area contributed by atoms with Gasteiger partial charge in [0.1, 0.15) is 0 Å². The standard InChI is InChI=1S/C22H25N5O3S2/c1-15-8-10-17(11-9-15)20(28)24-21-25-26-22(31-21)32(29,30)23-12-5-13-27-16(2)14-18-6-3-4-7-19(18)27/h3-4,6-11,16,23H,5,12-14H2,1-2H3,(H,24,25,28). The Labute approximate surface area is 191 Å². The van der Waals surface area contributed by atoms with Crippen LogP contribution in [0.4, 0.5) is 10.8 Å². The number of hydrogen-bond acceptors (Lipinski definition) is 7. The van der Waals surface area contributed by atoms with E-state index < -0.39 is 10.0 Å². The van der Waals surface area contributed by atoms with Crippen LogP contribution in [0, 0.1) is 6.92 Å². The summed E-state index contributed by atoms with van der Waals surface area (Å²) >= 11 is 0.825. The van der Waals surface area contributed by atoms with Gasteiger partial charge in [0.15, 0.2) is 0 Å². The molecule has 4 rings (SSSR count). The van der Waals surface area contributed by atoms with Gasteiger partial charge in [-0.25, -0.2) is 13.1 Å². The number of amides is 1. The third-order valence-corrected chi connectivity index (χ3v) is 8.05. The van der Waals surface area contributed by atoms with Gasteiger partial charge in [-0.3, -0.25) is 10.1 Å². The van der Waals surface area contributed by atoms with Crippen molar-refractivity contribution in [1.82, 2.24) is 14.9 Å². The molecule has 32 heavy (non-hydrogen) atoms. The minimum absolute atomic E-state index is 0.137. The zero-order valence-electron chi connectivity index (χ0n) is 17.9. The fourth-order valence-electron chi connectivity index (χ4n) is 3.73. The topological polar surface area (TPSA) is 104 Å². The predicted octanol–water partition coefficient (Wildman–Crippen LogP) is 3.22. The van der Waals surface area contributed by atoms with Crippen LogP contribution in [0.3, 0.4) is 0 Å². The molecule has 0 fully saturated rings. The molecule has 1 atom stereocenters. The van der Waals surface area contributed by atoms with Crippen LogP contribution in [0.25, 0.3) is 0 Å². The number of nitrogens with zero attached hydrogens (tertiary/aromatic N) is 3. The number of carbonyl (C=O) groups is 1. The van der Waals surface area contributed by atoms with Crippen LogP contribution in [0.5, 0.6) is 0 Å². The van der Waals surface area contributed by atoms with Crippen molar-refractivity contribution in [3.63, 3.8) is 0 Å². The van der Waals surface area contributed by atoms with E-state index in [0.717, 1.165) is 29.9 Å². The summed E-state index contributed by atoms with van der Waals surface area (Å²) in [5.41, 5.74) is 4.06. The van der Waals surface area contributed by atoms with E-state index in [1.807, 2.05) is 31.2 Å². The van der Waals surface area contributed by atoms with Gasteiger partial charge in [-0.05, 0) is 50.5 Å². The number of para-hydroxylation sites is 1. The normalized spacial score (nSPS) is 15.6. The molecule has 0 aliphatic carbocycles. The van der Waals surface area contributed by atoms with Crippen molar-refractivity contribution in [3.8, 4) is 0 Å². The second-order valence-corrected chi connectivity index (χ2v) is 10.7. The molecule has 0 spiro atoms. The van der Waals surface area contributed by atoms with E-state index in [9.17, 15) is 13.2 Å². The monoisotopic (exact) mass is 471 g/mol. The van der Waals surface area contributed by atoms with E-state index in [1.54, 1.807) is 12.1 Å². The summed E-state index contributed by atoms with van der Waals surface area (Å²) in [4.78, 5) is 14.6. The third-order valence-electron chi connectivity index (χ3n) is 5.39. The molecule has 1 aliphatic heterocycles. The first-order valence-corrected chi connectivity index (χ1v) is 12.7. The van der Waals surface area contributed by atoms with Crippen molar-refractivity contribution in [2.24, 2.45) is 0 Å². The highest BCUT2D eigenvalue weighted by atomic mass is 32.2. The molecule has 2 aromatic carbocycles. The van der Waals surface area contributed by atoms with Crippen LogP contribution >= 0.6 is 11.3 Å². The fourth-order valence-corrected chi connectivity index (χ4v) is 5.74. The van der Waals surface area contributed by atoms with Crippen molar-refractivity contribution in [2.45, 2.75) is 37.1 Å². The Balaban J connectivity index is 1.30. The maximum Gasteiger partial charge on any atom is 0.269 e. The maximum atomic E-state index is 12.6. The first-order valence-electron chi connectivity index (χ1n) is 10.4. The summed E-state index contributed by atoms with van der Waals surface area (Å²) in [6, 6.07) is 15.8. The second-order valence-electron chi connectivity index (χ2n) is 7.82. The number of hydrogen-bond donors (Lipinski definition) is 2. The summed E-state index contributed by atoms with van der Waals surface area (Å²) in [6.45, 7) is 5.16. The highest BCUT2D eigenvalue weighted by Crippen LogP contribution is 2.31. The lowest BCUT2D eigenvalue weighted by molar-refractivity contribution is 0.102. The van der Waals surface area contributed by atoms with Crippen molar-refractivity contribution < 1.29 is 13.2 Å². The SMILES string of the molecule is Cc1ccc(C(=O)Nc2nnc(S(=O)(=O)NCCCN3c4ccccc4CC3C)s2)cc1. The molecular weight excluding hydrogens is 446 g/mol. The smallest absolute Gasteiger partial charge is 0.269 e. The molecule has 0 bridgehead atoms. The molecule has 1 aromatic heterocycles. The molecule has 0 saturated carbocycles. The van der Waals surface area contributed by atoms with E-state index in [0.29, 0.717) is 24.6 Å². The van der Waals surface area contributed by atoms with Gasteiger partial charge in [0.2, 0.25) is 9.47 Å². The molecule has 2 N–H and O–H groups in total. The summed E-state index contributed by atoms with van der Waals surface area (Å²) in [6.07, 6.45) is 1.66. The maximum absolute atomic E-state index is 12.6. The molecule has 0 saturated heterocycles. The van der Waals surface area contributed by atoms with Gasteiger partial charge in [-0.15, -0.1) is 10.2 Å². The Morgan fingerprint density at radius 2 is 1.91 bits per heavy atom. The number of rotatable bonds is 8. The molecule has 2 heterocycles. The Kier molecular flexibility index (Phi) is 6.54. The van der Waals surface area contributed by atoms with Crippen LogP contribution in [-0.2, 0) is 16.4 Å². The van der Waals surface area contributed by atoms with Crippen LogP contribution in [0.1, 0.15) is 34.8 Å². The minimum atomic E-state index is -3.79. The lowest BCUT2D eigenvalue weighted by Crippen LogP contribution is -2.33. The lowest BCUT2D eigenvalue weighted by atomic mass is 10.1. The van der Waals surface area contributed by atoms with Gasteiger partial charge in [0.05, 0.1) is 0 Å². The average Bonchev–Trinajstić information content (AvgIpc) is 3.36. The first-order chi connectivity index (χ1) is 15.3. The van der Waals surface area contributed by atoms with Gasteiger partial charge >= 0.3 is 0 Å². The number of benzene rings is 2. The van der Waals surface area contributed by atoms with Crippen molar-refractivity contribution in [3.05, 3.63) is 65.2 Å². The Morgan fingerprint density at radius 3 is 2.69 bits per heavy atom. The Hall–Kier alpha value is -2.82. The van der Waals surface area contributed by atoms with Crippen LogP contribution in [0.2, 0.25) is 0 Å². The molecule has 168 valence electrons. The van der Waals surface area contributed by atoms with Crippen LogP contribution in [-0.4, -0.2) is 43.7 Å². The van der Waals surface area contributed by atoms with E-state index in [2.05, 4.69) is 44.2 Å². The van der Waals surface area contributed by atoms with Gasteiger partial charge < -0.3 is 4.90 Å². The van der Waals surface area contributed by atoms with Gasteiger partial charge in [0, 0.05) is 30.4 Å². The van der Waals surface area contributed by atoms with E-state index >= 15 is 0 Å². The Morgan fingerprint density at radius 1 is 1.16 bits per heavy atom. The molecule has 3 aromatic rings. The van der Waals surface area contributed by atoms with Crippen molar-refractivity contribution in [1.29, 1.82) is 0 Å². The molecule has 10 heteroatoms. The molecule has 8 nitrogen and oxygen atoms in total. The largest absolute Gasteiger partial charge is 0.368 e. The highest BCUT2D eigenvalue weighted by molar-refractivity contribution is 7.91. The second kappa shape index (κ2) is 9.35. The van der Waals surface area contributed by atoms with Crippen LogP contribution in [0.15, 0.2) is 52.9 Å². The average molecular weight is 472 g/mol. The highest BCUT2D eigenvalue weighted by Gasteiger charge is 2.25. The van der Waals surface area contributed by atoms with Gasteiger partial charge in [-0.1, -0.05) is 47.2 Å². The van der Waals surface area contributed by atoms with Gasteiger partial charge in [0.25, 0.3) is 15.9 Å². The quantitative estimate of drug-likeness (QED) is 0.386. The number of carbonyl (C=O) groups excluding carboxylic acids is 1. The summed E-state index contributed by atoms with van der Waals surface area (Å²) < 4.78 is 27.5. The van der Waals surface area contributed by atoms with E-state index in [1.165, 1.54) is 11.3 Å². The number of nitrogens with one attached hydrogen (secondary N) is 2. The molecular formula is C22H25N5O3S2. The predicted molar refractivity (Wildman–Crippen MR) is 126 cm³/mol. The number of anilines is 2. The Bertz CT molecular complexity index is 1210. The van der Waals surface area contributed by atoms with Crippen LogP contribution < -0.4 is 14.9 Å². The summed E-state index contributed by atoms with van der Waals surface area (Å²) in [7, 11) is -3.79. The number of aromatic nitrogens is 2. The van der Waals surface area contributed by atoms with Crippen molar-refractivity contribution in [2.75, 3.05) is 23.3 Å². The fraction of sp³-hybridized carbons (Fsp3) is 0.318. The van der Waals surface area contributed by atoms with E-state index in [-0.39, 0.29) is 15.4 Å². The number of sulfonamides is 1. The number of fused-ring (bicyclic) bond motifs is 1. The van der Waals surface area contributed by atoms with Crippen molar-refractivity contribution >= 4 is 38.1 Å². The lowest BCUT2D eigenvalue weighted by Gasteiger charge is -2.24. The summed E-state index contributed by atoms with van der Waals surface area (Å²) in [5.74, 6) is -0.363. The molecule has 1 unspecified atom stereocenters. The molecule has 1 aliphatic rings. The summed E-state index contributed by atoms with van der Waals surface area (Å²) in [5, 5.41) is 10.3. The molecule has 1 amide bonds. The van der Waals surface area contributed by atoms with E-state index in [4.69, 9.17) is 0 Å². The first kappa shape index (κ1) is 22.4. The van der Waals surface area contributed by atoms with Gasteiger partial charge in [-0.2, -0.15) is 0 Å². The number of aryl methyl sites for hydroxylation is 1. The molecule has 0 radical (unpaired) electrons.